The van der Waals surface area contributed by atoms with E-state index in [-0.39, 0.29) is 11.7 Å². The van der Waals surface area contributed by atoms with E-state index in [1.165, 1.54) is 11.9 Å². The molecule has 0 aromatic heterocycles. The zero-order valence-electron chi connectivity index (χ0n) is 14.8. The lowest BCUT2D eigenvalue weighted by atomic mass is 10.0. The molecular formula is C16H21ClN4O3S2. The van der Waals surface area contributed by atoms with Crippen LogP contribution in [0.3, 0.4) is 0 Å². The van der Waals surface area contributed by atoms with E-state index < -0.39 is 20.9 Å². The molecule has 10 heteroatoms. The van der Waals surface area contributed by atoms with Gasteiger partial charge in [-0.1, -0.05) is 0 Å². The molecule has 1 aliphatic carbocycles. The maximum Gasteiger partial charge on any atom is 0.258 e. The molecule has 0 aromatic carbocycles. The number of hydrogen-bond acceptors (Lipinski definition) is 5. The quantitative estimate of drug-likeness (QED) is 0.520. The monoisotopic (exact) mass is 416 g/mol. The summed E-state index contributed by atoms with van der Waals surface area (Å²) in [4.78, 5) is 16.1. The van der Waals surface area contributed by atoms with Crippen LogP contribution in [0.2, 0.25) is 0 Å². The van der Waals surface area contributed by atoms with E-state index >= 15 is 0 Å². The van der Waals surface area contributed by atoms with Crippen LogP contribution in [-0.4, -0.2) is 59.5 Å². The fourth-order valence-corrected chi connectivity index (χ4v) is 4.42. The molecule has 2 rings (SSSR count). The second-order valence-corrected chi connectivity index (χ2v) is 9.51. The number of carbonyl (C=O) groups is 1. The first-order valence-corrected chi connectivity index (χ1v) is 10.6. The van der Waals surface area contributed by atoms with Crippen LogP contribution in [0.25, 0.3) is 0 Å². The summed E-state index contributed by atoms with van der Waals surface area (Å²) in [5.74, 6) is -0.240. The number of hydrogen-bond donors (Lipinski definition) is 1. The van der Waals surface area contributed by atoms with E-state index in [0.29, 0.717) is 35.8 Å². The summed E-state index contributed by atoms with van der Waals surface area (Å²) in [7, 11) is -1.95. The smallest absolute Gasteiger partial charge is 0.258 e. The minimum Gasteiger partial charge on any atom is -0.334 e. The van der Waals surface area contributed by atoms with E-state index in [1.807, 2.05) is 6.07 Å². The highest BCUT2D eigenvalue weighted by Gasteiger charge is 2.50. The topological polar surface area (TPSA) is 93.5 Å². The summed E-state index contributed by atoms with van der Waals surface area (Å²) in [6, 6.07) is 2.03. The van der Waals surface area contributed by atoms with Gasteiger partial charge in [0.1, 0.15) is 5.54 Å². The normalized spacial score (nSPS) is 23.0. The van der Waals surface area contributed by atoms with Crippen molar-refractivity contribution in [3.05, 3.63) is 23.4 Å². The maximum atomic E-state index is 12.9. The highest BCUT2D eigenvalue weighted by Crippen LogP contribution is 2.35. The summed E-state index contributed by atoms with van der Waals surface area (Å²) >= 11 is 11.7. The Kier molecular flexibility index (Phi) is 6.13. The molecule has 0 aromatic rings. The van der Waals surface area contributed by atoms with Crippen molar-refractivity contribution in [2.45, 2.75) is 37.6 Å². The lowest BCUT2D eigenvalue weighted by molar-refractivity contribution is -0.130. The Hall–Kier alpha value is -1.47. The predicted octanol–water partition coefficient (Wildman–Crippen LogP) is 1.48. The third-order valence-corrected chi connectivity index (χ3v) is 6.77. The van der Waals surface area contributed by atoms with E-state index in [1.54, 1.807) is 30.9 Å². The van der Waals surface area contributed by atoms with Crippen LogP contribution in [-0.2, 0) is 14.8 Å². The molecule has 26 heavy (non-hydrogen) atoms. The molecule has 1 heterocycles. The van der Waals surface area contributed by atoms with Gasteiger partial charge in [-0.2, -0.15) is 5.26 Å². The summed E-state index contributed by atoms with van der Waals surface area (Å²) in [5, 5.41) is 8.84. The first-order chi connectivity index (χ1) is 12.0. The van der Waals surface area contributed by atoms with E-state index in [2.05, 4.69) is 4.72 Å². The fraction of sp³-hybridized carbons (Fsp3) is 0.562. The van der Waals surface area contributed by atoms with Crippen molar-refractivity contribution in [3.8, 4) is 6.07 Å². The number of allylic oxidation sites excluding steroid dienone is 4. The second kappa shape index (κ2) is 7.64. The number of nitrogens with zero attached hydrogens (tertiary/aromatic N) is 3. The van der Waals surface area contributed by atoms with Crippen LogP contribution in [0, 0.1) is 11.3 Å². The number of rotatable bonds is 6. The Balaban J connectivity index is 2.21. The lowest BCUT2D eigenvalue weighted by Crippen LogP contribution is -2.45. The van der Waals surface area contributed by atoms with Gasteiger partial charge in [0.2, 0.25) is 10.0 Å². The third kappa shape index (κ3) is 3.93. The molecule has 1 fully saturated rings. The van der Waals surface area contributed by atoms with Gasteiger partial charge in [0.25, 0.3) is 5.91 Å². The minimum atomic E-state index is -3.32. The first kappa shape index (κ1) is 20.8. The van der Waals surface area contributed by atoms with Gasteiger partial charge in [-0.25, -0.2) is 13.1 Å². The van der Waals surface area contributed by atoms with E-state index in [9.17, 15) is 13.2 Å². The predicted molar refractivity (Wildman–Crippen MR) is 104 cm³/mol. The Bertz CT molecular complexity index is 827. The highest BCUT2D eigenvalue weighted by molar-refractivity contribution is 7.89. The molecule has 1 aliphatic heterocycles. The van der Waals surface area contributed by atoms with Gasteiger partial charge in [-0.3, -0.25) is 9.69 Å². The number of nitrogens with one attached hydrogen (secondary N) is 1. The molecular weight excluding hydrogens is 396 g/mol. The average Bonchev–Trinajstić information content (AvgIpc) is 2.74. The van der Waals surface area contributed by atoms with Crippen LogP contribution in [0.5, 0.6) is 0 Å². The minimum absolute atomic E-state index is 0.0480. The zero-order chi connectivity index (χ0) is 19.7. The number of thiocarbonyl (C=S) groups is 1. The van der Waals surface area contributed by atoms with Crippen LogP contribution < -0.4 is 4.72 Å². The van der Waals surface area contributed by atoms with Gasteiger partial charge in [-0.05, 0) is 51.7 Å². The van der Waals surface area contributed by atoms with Gasteiger partial charge >= 0.3 is 0 Å². The lowest BCUT2D eigenvalue weighted by Gasteiger charge is -2.29. The van der Waals surface area contributed by atoms with Crippen molar-refractivity contribution in [3.63, 3.8) is 0 Å². The number of amides is 1. The van der Waals surface area contributed by atoms with Crippen molar-refractivity contribution in [2.75, 3.05) is 19.3 Å². The number of carbonyl (C=O) groups excluding carboxylic acids is 1. The number of halogens is 1. The zero-order valence-corrected chi connectivity index (χ0v) is 17.2. The van der Waals surface area contributed by atoms with Gasteiger partial charge in [0.15, 0.2) is 5.11 Å². The third-order valence-electron chi connectivity index (χ3n) is 4.53. The van der Waals surface area contributed by atoms with Crippen LogP contribution in [0.1, 0.15) is 26.7 Å². The van der Waals surface area contributed by atoms with Gasteiger partial charge in [0.05, 0.1) is 17.2 Å². The molecule has 1 unspecified atom stereocenters. The number of sulfonamides is 1. The molecule has 1 amide bonds. The summed E-state index contributed by atoms with van der Waals surface area (Å²) in [5.41, 5.74) is 0.196. The van der Waals surface area contributed by atoms with Crippen molar-refractivity contribution < 1.29 is 13.2 Å². The number of alkyl halides is 1. The Morgan fingerprint density at radius 1 is 1.46 bits per heavy atom. The van der Waals surface area contributed by atoms with Crippen molar-refractivity contribution >= 4 is 44.9 Å². The summed E-state index contributed by atoms with van der Waals surface area (Å²) < 4.78 is 25.5. The summed E-state index contributed by atoms with van der Waals surface area (Å²) in [6.07, 6.45) is 3.95. The highest BCUT2D eigenvalue weighted by atomic mass is 35.5. The van der Waals surface area contributed by atoms with Crippen molar-refractivity contribution in [1.29, 1.82) is 5.26 Å². The largest absolute Gasteiger partial charge is 0.334 e. The van der Waals surface area contributed by atoms with E-state index in [4.69, 9.17) is 29.1 Å². The SMILES string of the molecule is CNS(=O)(=O)CCCN1C(=S)N(C2=CC=C(C#N)C(Cl)C2)C(=O)C1(C)C. The molecule has 1 N–H and O–H groups in total. The maximum absolute atomic E-state index is 12.9. The van der Waals surface area contributed by atoms with Crippen molar-refractivity contribution in [2.24, 2.45) is 0 Å². The Morgan fingerprint density at radius 3 is 2.65 bits per heavy atom. The van der Waals surface area contributed by atoms with Crippen LogP contribution >= 0.6 is 23.8 Å². The van der Waals surface area contributed by atoms with Crippen molar-refractivity contribution in [1.82, 2.24) is 14.5 Å². The fourth-order valence-electron chi connectivity index (χ4n) is 2.90. The van der Waals surface area contributed by atoms with Crippen LogP contribution in [0.15, 0.2) is 23.4 Å². The standard InChI is InChI=1S/C16H21ClN4O3S2/c1-16(2)14(22)21(12-6-5-11(10-18)13(17)9-12)15(25)20(16)7-4-8-26(23,24)19-3/h5-6,13,19H,4,7-9H2,1-3H3. The van der Waals surface area contributed by atoms with Gasteiger partial charge in [-0.15, -0.1) is 11.6 Å². The molecule has 142 valence electrons. The molecule has 0 spiro atoms. The molecule has 0 saturated carbocycles. The molecule has 7 nitrogen and oxygen atoms in total. The molecule has 0 bridgehead atoms. The van der Waals surface area contributed by atoms with E-state index in [0.717, 1.165) is 0 Å². The van der Waals surface area contributed by atoms with Gasteiger partial charge in [0, 0.05) is 24.2 Å². The molecule has 2 aliphatic rings. The molecule has 0 radical (unpaired) electrons. The van der Waals surface area contributed by atoms with Crippen LogP contribution in [0.4, 0.5) is 0 Å². The Morgan fingerprint density at radius 2 is 2.12 bits per heavy atom. The summed E-state index contributed by atoms with van der Waals surface area (Å²) in [6.45, 7) is 3.85. The second-order valence-electron chi connectivity index (χ2n) is 6.57. The first-order valence-electron chi connectivity index (χ1n) is 8.07. The molecule has 1 saturated heterocycles. The molecule has 1 atom stereocenters. The Labute approximate surface area is 164 Å². The van der Waals surface area contributed by atoms with Gasteiger partial charge < -0.3 is 4.90 Å². The average molecular weight is 417 g/mol. The number of nitriles is 1.